The van der Waals surface area contributed by atoms with E-state index in [9.17, 15) is 9.90 Å². The summed E-state index contributed by atoms with van der Waals surface area (Å²) in [5, 5.41) is 10.7. The molecule has 1 saturated heterocycles. The quantitative estimate of drug-likeness (QED) is 0.667. The lowest BCUT2D eigenvalue weighted by atomic mass is 9.97. The van der Waals surface area contributed by atoms with Gasteiger partial charge in [0.1, 0.15) is 23.4 Å². The molecule has 7 heteroatoms. The smallest absolute Gasteiger partial charge is 0.240 e. The van der Waals surface area contributed by atoms with Crippen molar-refractivity contribution in [2.24, 2.45) is 5.73 Å². The van der Waals surface area contributed by atoms with E-state index in [2.05, 4.69) is 4.98 Å². The maximum atomic E-state index is 15.2. The molecule has 1 aliphatic rings. The number of halogens is 2. The molecule has 4 rings (SSSR count). The summed E-state index contributed by atoms with van der Waals surface area (Å²) in [6.45, 7) is 0.732. The number of aromatic nitrogens is 1. The number of phenols is 1. The third-order valence-electron chi connectivity index (χ3n) is 5.16. The maximum absolute atomic E-state index is 15.2. The van der Waals surface area contributed by atoms with Crippen LogP contribution >= 0.6 is 11.6 Å². The van der Waals surface area contributed by atoms with E-state index in [1.165, 1.54) is 6.07 Å². The number of pyridine rings is 1. The number of phenolic OH excluding ortho intramolecular Hbond substituents is 1. The number of amides is 1. The normalized spacial score (nSPS) is 15.8. The zero-order valence-corrected chi connectivity index (χ0v) is 16.2. The minimum atomic E-state index is -0.493. The molecular weight excluding hydrogens is 393 g/mol. The van der Waals surface area contributed by atoms with Gasteiger partial charge in [-0.05, 0) is 47.4 Å². The second kappa shape index (κ2) is 7.72. The number of hydrogen-bond donors (Lipinski definition) is 2. The third-order valence-corrected chi connectivity index (χ3v) is 5.39. The van der Waals surface area contributed by atoms with Gasteiger partial charge in [-0.2, -0.15) is 0 Å². The van der Waals surface area contributed by atoms with Crippen LogP contribution in [0, 0.1) is 5.82 Å². The molecule has 148 valence electrons. The molecule has 1 aliphatic heterocycles. The predicted molar refractivity (Wildman–Crippen MR) is 110 cm³/mol. The van der Waals surface area contributed by atoms with Gasteiger partial charge in [-0.1, -0.05) is 35.9 Å². The Hall–Kier alpha value is -3.12. The lowest BCUT2D eigenvalue weighted by molar-refractivity contribution is -0.120. The first-order valence-electron chi connectivity index (χ1n) is 9.21. The average molecular weight is 412 g/mol. The fraction of sp³-hybridized carbons (Fsp3) is 0.182. The Morgan fingerprint density at radius 3 is 2.72 bits per heavy atom. The molecule has 0 bridgehead atoms. The Bertz CT molecular complexity index is 1070. The lowest BCUT2D eigenvalue weighted by Gasteiger charge is -2.39. The molecule has 1 fully saturated rings. The molecule has 0 unspecified atom stereocenters. The van der Waals surface area contributed by atoms with Gasteiger partial charge in [0.25, 0.3) is 0 Å². The van der Waals surface area contributed by atoms with Crippen LogP contribution in [0.1, 0.15) is 17.5 Å². The van der Waals surface area contributed by atoms with Crippen LogP contribution in [0.15, 0.2) is 54.7 Å². The van der Waals surface area contributed by atoms with Crippen LogP contribution in [0.2, 0.25) is 5.02 Å². The van der Waals surface area contributed by atoms with Gasteiger partial charge in [0.05, 0.1) is 5.56 Å². The molecule has 1 atom stereocenters. The number of nitrogens with two attached hydrogens (primary N) is 1. The standard InChI is InChI=1S/C22H19ClFN3O2/c23-16-3-1-2-14(11-16)20-18(28)6-5-15(21(20)24)10-13-4-7-19(26-12-13)27-9-8-17(27)22(25)29/h1-7,11-12,17,28H,8-10H2,(H2,25,29)/t17-/m1/s1. The van der Waals surface area contributed by atoms with E-state index >= 15 is 4.39 Å². The molecule has 2 aromatic carbocycles. The van der Waals surface area contributed by atoms with Gasteiger partial charge in [-0.3, -0.25) is 4.79 Å². The first-order chi connectivity index (χ1) is 13.9. The van der Waals surface area contributed by atoms with E-state index in [4.69, 9.17) is 17.3 Å². The summed E-state index contributed by atoms with van der Waals surface area (Å²) in [5.74, 6) is -0.318. The SMILES string of the molecule is NC(=O)[C@H]1CCN1c1ccc(Cc2ccc(O)c(-c3cccc(Cl)c3)c2F)cn1. The van der Waals surface area contributed by atoms with Crippen LogP contribution in [-0.4, -0.2) is 28.6 Å². The van der Waals surface area contributed by atoms with E-state index < -0.39 is 5.82 Å². The van der Waals surface area contributed by atoms with Gasteiger partial charge in [0, 0.05) is 24.2 Å². The number of hydrogen-bond acceptors (Lipinski definition) is 4. The van der Waals surface area contributed by atoms with Crippen LogP contribution < -0.4 is 10.6 Å². The largest absolute Gasteiger partial charge is 0.507 e. The van der Waals surface area contributed by atoms with Gasteiger partial charge < -0.3 is 15.7 Å². The molecule has 1 aromatic heterocycles. The van der Waals surface area contributed by atoms with E-state index in [0.717, 1.165) is 18.5 Å². The van der Waals surface area contributed by atoms with Crippen LogP contribution in [0.25, 0.3) is 11.1 Å². The Kier molecular flexibility index (Phi) is 5.11. The average Bonchev–Trinajstić information content (AvgIpc) is 2.64. The number of anilines is 1. The van der Waals surface area contributed by atoms with Crippen molar-refractivity contribution in [1.29, 1.82) is 0 Å². The molecule has 2 heterocycles. The van der Waals surface area contributed by atoms with Crippen molar-refractivity contribution in [3.63, 3.8) is 0 Å². The summed E-state index contributed by atoms with van der Waals surface area (Å²) >= 11 is 6.01. The van der Waals surface area contributed by atoms with Crippen molar-refractivity contribution >= 4 is 23.3 Å². The van der Waals surface area contributed by atoms with Crippen LogP contribution in [0.5, 0.6) is 5.75 Å². The molecule has 0 radical (unpaired) electrons. The van der Waals surface area contributed by atoms with Crippen LogP contribution in [-0.2, 0) is 11.2 Å². The minimum Gasteiger partial charge on any atom is -0.507 e. The Morgan fingerprint density at radius 2 is 2.10 bits per heavy atom. The Balaban J connectivity index is 1.59. The third kappa shape index (κ3) is 3.76. The van der Waals surface area contributed by atoms with Crippen molar-refractivity contribution in [3.05, 3.63) is 76.7 Å². The maximum Gasteiger partial charge on any atom is 0.240 e. The van der Waals surface area contributed by atoms with Gasteiger partial charge in [-0.25, -0.2) is 9.37 Å². The van der Waals surface area contributed by atoms with Gasteiger partial charge >= 0.3 is 0 Å². The van der Waals surface area contributed by atoms with Gasteiger partial charge in [0.2, 0.25) is 5.91 Å². The summed E-state index contributed by atoms with van der Waals surface area (Å²) in [6, 6.07) is 13.1. The van der Waals surface area contributed by atoms with Crippen molar-refractivity contribution in [2.45, 2.75) is 18.9 Å². The fourth-order valence-electron chi connectivity index (χ4n) is 3.53. The number of carbonyl (C=O) groups is 1. The lowest BCUT2D eigenvalue weighted by Crippen LogP contribution is -2.55. The van der Waals surface area contributed by atoms with Crippen molar-refractivity contribution in [2.75, 3.05) is 11.4 Å². The monoisotopic (exact) mass is 411 g/mol. The molecule has 1 amide bonds. The highest BCUT2D eigenvalue weighted by molar-refractivity contribution is 6.30. The molecule has 5 nitrogen and oxygen atoms in total. The Morgan fingerprint density at radius 1 is 1.28 bits per heavy atom. The molecule has 3 aromatic rings. The summed E-state index contributed by atoms with van der Waals surface area (Å²) in [5.41, 5.74) is 7.26. The second-order valence-corrected chi connectivity index (χ2v) is 7.48. The van der Waals surface area contributed by atoms with Crippen LogP contribution in [0.4, 0.5) is 10.2 Å². The van der Waals surface area contributed by atoms with Crippen LogP contribution in [0.3, 0.4) is 0 Å². The number of nitrogens with zero attached hydrogens (tertiary/aromatic N) is 2. The number of carbonyl (C=O) groups excluding carboxylic acids is 1. The summed E-state index contributed by atoms with van der Waals surface area (Å²) < 4.78 is 15.2. The molecule has 0 saturated carbocycles. The van der Waals surface area contributed by atoms with Gasteiger partial charge in [-0.15, -0.1) is 0 Å². The number of rotatable bonds is 5. The van der Waals surface area contributed by atoms with E-state index in [1.54, 1.807) is 42.6 Å². The highest BCUT2D eigenvalue weighted by atomic mass is 35.5. The molecule has 0 spiro atoms. The van der Waals surface area contributed by atoms with Gasteiger partial charge in [0.15, 0.2) is 0 Å². The zero-order valence-electron chi connectivity index (χ0n) is 15.5. The molecule has 29 heavy (non-hydrogen) atoms. The van der Waals surface area contributed by atoms with E-state index in [1.807, 2.05) is 11.0 Å². The highest BCUT2D eigenvalue weighted by Crippen LogP contribution is 2.35. The van der Waals surface area contributed by atoms with E-state index in [0.29, 0.717) is 28.4 Å². The number of benzene rings is 2. The summed E-state index contributed by atoms with van der Waals surface area (Å²) in [6.07, 6.45) is 2.70. The zero-order chi connectivity index (χ0) is 20.5. The topological polar surface area (TPSA) is 79.5 Å². The van der Waals surface area contributed by atoms with Crippen molar-refractivity contribution < 1.29 is 14.3 Å². The second-order valence-electron chi connectivity index (χ2n) is 7.04. The predicted octanol–water partition coefficient (Wildman–Crippen LogP) is 3.90. The Labute approximate surface area is 172 Å². The molecular formula is C22H19ClFN3O2. The summed E-state index contributed by atoms with van der Waals surface area (Å²) in [4.78, 5) is 17.6. The molecule has 3 N–H and O–H groups in total. The van der Waals surface area contributed by atoms with Crippen molar-refractivity contribution in [3.8, 4) is 16.9 Å². The highest BCUT2D eigenvalue weighted by Gasteiger charge is 2.33. The van der Waals surface area contributed by atoms with E-state index in [-0.39, 0.29) is 23.3 Å². The number of primary amides is 1. The minimum absolute atomic E-state index is 0.124. The first kappa shape index (κ1) is 19.2. The molecule has 0 aliphatic carbocycles. The first-order valence-corrected chi connectivity index (χ1v) is 9.59. The summed E-state index contributed by atoms with van der Waals surface area (Å²) in [7, 11) is 0. The fourth-order valence-corrected chi connectivity index (χ4v) is 3.72. The van der Waals surface area contributed by atoms with Crippen molar-refractivity contribution in [1.82, 2.24) is 4.98 Å². The number of aromatic hydroxyl groups is 1.